The van der Waals surface area contributed by atoms with Gasteiger partial charge in [0.1, 0.15) is 0 Å². The van der Waals surface area contributed by atoms with Crippen molar-refractivity contribution in [1.82, 2.24) is 20.0 Å². The number of halogens is 1. The van der Waals surface area contributed by atoms with E-state index in [1.807, 2.05) is 65.0 Å². The molecule has 1 unspecified atom stereocenters. The molecule has 1 atom stereocenters. The van der Waals surface area contributed by atoms with Crippen molar-refractivity contribution in [2.24, 2.45) is 5.92 Å². The Bertz CT molecular complexity index is 1170. The molecule has 35 heavy (non-hydrogen) atoms. The van der Waals surface area contributed by atoms with E-state index < -0.39 is 0 Å². The molecule has 7 nitrogen and oxygen atoms in total. The summed E-state index contributed by atoms with van der Waals surface area (Å²) in [4.78, 5) is 27.8. The summed E-state index contributed by atoms with van der Waals surface area (Å²) in [5.41, 5.74) is 4.28. The number of hydrogen-bond donors (Lipinski definition) is 2. The van der Waals surface area contributed by atoms with Crippen molar-refractivity contribution in [1.29, 1.82) is 0 Å². The maximum absolute atomic E-state index is 13.5. The number of rotatable bonds is 6. The van der Waals surface area contributed by atoms with Crippen LogP contribution in [0.15, 0.2) is 54.7 Å². The van der Waals surface area contributed by atoms with Crippen LogP contribution in [0.4, 0.5) is 10.5 Å². The average Bonchev–Trinajstić information content (AvgIpc) is 3.30. The Morgan fingerprint density at radius 1 is 1.11 bits per heavy atom. The fourth-order valence-corrected chi connectivity index (χ4v) is 4.63. The van der Waals surface area contributed by atoms with Crippen LogP contribution in [0.2, 0.25) is 5.02 Å². The molecule has 8 heteroatoms. The number of hydrogen-bond acceptors (Lipinski definition) is 3. The highest BCUT2D eigenvalue weighted by Gasteiger charge is 2.29. The summed E-state index contributed by atoms with van der Waals surface area (Å²) in [5, 5.41) is 11.0. The quantitative estimate of drug-likeness (QED) is 0.467. The third-order valence-electron chi connectivity index (χ3n) is 6.32. The molecule has 1 aliphatic rings. The molecule has 0 spiro atoms. The van der Waals surface area contributed by atoms with Crippen LogP contribution in [0.3, 0.4) is 0 Å². The van der Waals surface area contributed by atoms with Crippen LogP contribution in [-0.2, 0) is 0 Å². The zero-order valence-corrected chi connectivity index (χ0v) is 21.2. The number of carbonyl (C=O) groups is 2. The van der Waals surface area contributed by atoms with E-state index >= 15 is 0 Å². The molecule has 2 N–H and O–H groups in total. The first-order valence-corrected chi connectivity index (χ1v) is 12.4. The highest BCUT2D eigenvalue weighted by atomic mass is 35.5. The lowest BCUT2D eigenvalue weighted by Crippen LogP contribution is -2.44. The smallest absolute Gasteiger partial charge is 0.319 e. The van der Waals surface area contributed by atoms with Crippen molar-refractivity contribution in [2.45, 2.75) is 39.5 Å². The van der Waals surface area contributed by atoms with Crippen LogP contribution in [0.1, 0.15) is 54.2 Å². The van der Waals surface area contributed by atoms with E-state index in [1.165, 1.54) is 0 Å². The van der Waals surface area contributed by atoms with Gasteiger partial charge in [0.2, 0.25) is 0 Å². The number of aryl methyl sites for hydroxylation is 1. The Hall–Kier alpha value is -3.32. The van der Waals surface area contributed by atoms with Gasteiger partial charge in [-0.15, -0.1) is 0 Å². The second kappa shape index (κ2) is 11.0. The molecule has 3 aromatic rings. The van der Waals surface area contributed by atoms with Crippen LogP contribution >= 0.6 is 11.6 Å². The Kier molecular flexibility index (Phi) is 7.76. The van der Waals surface area contributed by atoms with Crippen molar-refractivity contribution in [3.05, 3.63) is 76.6 Å². The second-order valence-electron chi connectivity index (χ2n) is 9.45. The number of nitrogens with zero attached hydrogens (tertiary/aromatic N) is 3. The van der Waals surface area contributed by atoms with Crippen LogP contribution in [0.25, 0.3) is 5.69 Å². The van der Waals surface area contributed by atoms with Crippen molar-refractivity contribution in [3.8, 4) is 5.69 Å². The molecule has 0 saturated carbocycles. The standard InChI is InChI=1S/C27H32ClN5O2/c1-18(2)25-24(16-30-33(25)23-12-8-21(28)9-13-23)26(34)32-14-4-5-20(17-32)15-29-27(35)31-22-10-6-19(3)7-11-22/h6-13,16,18,20H,4-5,14-15,17H2,1-3H3,(H2,29,31,35). The fourth-order valence-electron chi connectivity index (χ4n) is 4.50. The minimum absolute atomic E-state index is 0.0114. The molecule has 3 amide bonds. The van der Waals surface area contributed by atoms with Crippen molar-refractivity contribution >= 4 is 29.2 Å². The van der Waals surface area contributed by atoms with Gasteiger partial charge in [-0.1, -0.05) is 43.1 Å². The third-order valence-corrected chi connectivity index (χ3v) is 6.57. The zero-order valence-electron chi connectivity index (χ0n) is 20.4. The molecule has 1 fully saturated rings. The molecular formula is C27H32ClN5O2. The van der Waals surface area contributed by atoms with Gasteiger partial charge < -0.3 is 15.5 Å². The first kappa shape index (κ1) is 24.8. The van der Waals surface area contributed by atoms with Gasteiger partial charge in [-0.3, -0.25) is 4.79 Å². The van der Waals surface area contributed by atoms with Crippen LogP contribution in [-0.4, -0.2) is 46.3 Å². The van der Waals surface area contributed by atoms with E-state index in [0.29, 0.717) is 30.2 Å². The number of nitrogens with one attached hydrogen (secondary N) is 2. The molecule has 0 aliphatic carbocycles. The summed E-state index contributed by atoms with van der Waals surface area (Å²) in [7, 11) is 0. The number of likely N-dealkylation sites (tertiary alicyclic amines) is 1. The van der Waals surface area contributed by atoms with Crippen LogP contribution in [0, 0.1) is 12.8 Å². The van der Waals surface area contributed by atoms with Gasteiger partial charge in [0.05, 0.1) is 23.1 Å². The van der Waals surface area contributed by atoms with E-state index in [1.54, 1.807) is 6.20 Å². The maximum atomic E-state index is 13.5. The fraction of sp³-hybridized carbons (Fsp3) is 0.370. The topological polar surface area (TPSA) is 79.3 Å². The SMILES string of the molecule is Cc1ccc(NC(=O)NCC2CCCN(C(=O)c3cnn(-c4ccc(Cl)cc4)c3C(C)C)C2)cc1. The highest BCUT2D eigenvalue weighted by Crippen LogP contribution is 2.26. The number of piperidine rings is 1. The average molecular weight is 494 g/mol. The van der Waals surface area contributed by atoms with Crippen LogP contribution < -0.4 is 10.6 Å². The number of anilines is 1. The van der Waals surface area contributed by atoms with Gasteiger partial charge in [-0.05, 0) is 68.0 Å². The zero-order chi connectivity index (χ0) is 24.9. The Balaban J connectivity index is 1.40. The first-order chi connectivity index (χ1) is 16.8. The van der Waals surface area contributed by atoms with Gasteiger partial charge in [-0.25, -0.2) is 9.48 Å². The Morgan fingerprint density at radius 3 is 2.51 bits per heavy atom. The number of benzene rings is 2. The summed E-state index contributed by atoms with van der Waals surface area (Å²) in [6.07, 6.45) is 3.54. The van der Waals surface area contributed by atoms with Gasteiger partial charge in [0, 0.05) is 30.3 Å². The van der Waals surface area contributed by atoms with E-state index in [9.17, 15) is 9.59 Å². The summed E-state index contributed by atoms with van der Waals surface area (Å²) in [6, 6.07) is 14.9. The predicted octanol–water partition coefficient (Wildman–Crippen LogP) is 5.63. The molecule has 1 saturated heterocycles. The summed E-state index contributed by atoms with van der Waals surface area (Å²) in [6.45, 7) is 7.96. The summed E-state index contributed by atoms with van der Waals surface area (Å²) < 4.78 is 1.83. The van der Waals surface area contributed by atoms with Gasteiger partial charge in [0.25, 0.3) is 5.91 Å². The summed E-state index contributed by atoms with van der Waals surface area (Å²) >= 11 is 6.04. The Morgan fingerprint density at radius 2 is 1.83 bits per heavy atom. The molecule has 2 heterocycles. The highest BCUT2D eigenvalue weighted by molar-refractivity contribution is 6.30. The normalized spacial score (nSPS) is 15.8. The van der Waals surface area contributed by atoms with Crippen LogP contribution in [0.5, 0.6) is 0 Å². The second-order valence-corrected chi connectivity index (χ2v) is 9.88. The molecule has 4 rings (SSSR count). The number of amides is 3. The molecule has 2 aromatic carbocycles. The minimum Gasteiger partial charge on any atom is -0.338 e. The predicted molar refractivity (Wildman–Crippen MR) is 139 cm³/mol. The molecular weight excluding hydrogens is 462 g/mol. The van der Waals surface area contributed by atoms with E-state index in [-0.39, 0.29) is 23.8 Å². The molecule has 1 aliphatic heterocycles. The molecule has 0 radical (unpaired) electrons. The number of urea groups is 1. The van der Waals surface area contributed by atoms with Crippen molar-refractivity contribution in [2.75, 3.05) is 25.0 Å². The number of carbonyl (C=O) groups excluding carboxylic acids is 2. The Labute approximate surface area is 211 Å². The molecule has 184 valence electrons. The third kappa shape index (κ3) is 6.03. The largest absolute Gasteiger partial charge is 0.338 e. The lowest BCUT2D eigenvalue weighted by Gasteiger charge is -2.33. The van der Waals surface area contributed by atoms with Gasteiger partial charge in [-0.2, -0.15) is 5.10 Å². The van der Waals surface area contributed by atoms with Crippen molar-refractivity contribution in [3.63, 3.8) is 0 Å². The monoisotopic (exact) mass is 493 g/mol. The van der Waals surface area contributed by atoms with Crippen molar-refractivity contribution < 1.29 is 9.59 Å². The van der Waals surface area contributed by atoms with E-state index in [0.717, 1.165) is 35.5 Å². The molecule has 0 bridgehead atoms. The van der Waals surface area contributed by atoms with E-state index in [2.05, 4.69) is 29.6 Å². The number of aromatic nitrogens is 2. The maximum Gasteiger partial charge on any atom is 0.319 e. The van der Waals surface area contributed by atoms with Gasteiger partial charge in [0.15, 0.2) is 0 Å². The molecule has 1 aromatic heterocycles. The lowest BCUT2D eigenvalue weighted by molar-refractivity contribution is 0.0673. The van der Waals surface area contributed by atoms with E-state index in [4.69, 9.17) is 11.6 Å². The summed E-state index contributed by atoms with van der Waals surface area (Å²) in [5.74, 6) is 0.299. The minimum atomic E-state index is -0.233. The first-order valence-electron chi connectivity index (χ1n) is 12.1. The lowest BCUT2D eigenvalue weighted by atomic mass is 9.96. The van der Waals surface area contributed by atoms with Gasteiger partial charge >= 0.3 is 6.03 Å².